The van der Waals surface area contributed by atoms with Gasteiger partial charge in [-0.25, -0.2) is 4.98 Å². The molecule has 4 aromatic rings. The van der Waals surface area contributed by atoms with Crippen LogP contribution in [0.2, 0.25) is 5.02 Å². The molecule has 2 aromatic carbocycles. The van der Waals surface area contributed by atoms with Gasteiger partial charge in [-0.1, -0.05) is 29.8 Å². The Morgan fingerprint density at radius 2 is 2.00 bits per heavy atom. The van der Waals surface area contributed by atoms with Crippen molar-refractivity contribution in [3.63, 3.8) is 0 Å². The lowest BCUT2D eigenvalue weighted by molar-refractivity contribution is 0.102. The number of rotatable bonds is 3. The Morgan fingerprint density at radius 1 is 1.19 bits per heavy atom. The maximum absolute atomic E-state index is 12.7. The summed E-state index contributed by atoms with van der Waals surface area (Å²) in [5, 5.41) is 4.01. The van der Waals surface area contributed by atoms with E-state index in [0.29, 0.717) is 26.9 Å². The van der Waals surface area contributed by atoms with Crippen molar-refractivity contribution in [2.45, 2.75) is 6.92 Å². The number of carbonyl (C=O) groups is 1. The van der Waals surface area contributed by atoms with Crippen LogP contribution < -0.4 is 10.7 Å². The van der Waals surface area contributed by atoms with Gasteiger partial charge < -0.3 is 4.42 Å². The summed E-state index contributed by atoms with van der Waals surface area (Å²) in [6.07, 6.45) is 1.68. The number of nitrogens with one attached hydrogen (secondary N) is 1. The summed E-state index contributed by atoms with van der Waals surface area (Å²) in [6, 6.07) is 13.3. The van der Waals surface area contributed by atoms with E-state index in [1.165, 1.54) is 17.4 Å². The molecule has 0 atom stereocenters. The minimum atomic E-state index is -0.394. The second kappa shape index (κ2) is 6.98. The third-order valence-corrected chi connectivity index (χ3v) is 5.14. The standard InChI is InChI=1S/C20H13ClN2O3S/c1-11-10-22-20(27-11)23-19(25)14-7-4-6-13-16(24)9-17(26-18(13)14)12-5-2-3-8-15(12)21/h2-10H,1H3,(H,22,23,25). The Balaban J connectivity index is 1.85. The van der Waals surface area contributed by atoms with Crippen LogP contribution in [-0.2, 0) is 0 Å². The zero-order valence-corrected chi connectivity index (χ0v) is 15.7. The molecule has 0 aliphatic rings. The van der Waals surface area contributed by atoms with Crippen molar-refractivity contribution < 1.29 is 9.21 Å². The second-order valence-electron chi connectivity index (χ2n) is 5.87. The highest BCUT2D eigenvalue weighted by molar-refractivity contribution is 7.15. The summed E-state index contributed by atoms with van der Waals surface area (Å²) in [4.78, 5) is 30.4. The van der Waals surface area contributed by atoms with E-state index < -0.39 is 5.91 Å². The Kier molecular flexibility index (Phi) is 4.51. The Hall–Kier alpha value is -2.96. The number of hydrogen-bond acceptors (Lipinski definition) is 5. The first-order chi connectivity index (χ1) is 13.0. The molecule has 0 unspecified atom stereocenters. The summed E-state index contributed by atoms with van der Waals surface area (Å²) in [6.45, 7) is 1.90. The summed E-state index contributed by atoms with van der Waals surface area (Å²) in [5.74, 6) is -0.0853. The van der Waals surface area contributed by atoms with E-state index in [1.807, 2.05) is 6.92 Å². The molecule has 0 bridgehead atoms. The first-order valence-electron chi connectivity index (χ1n) is 8.08. The fourth-order valence-corrected chi connectivity index (χ4v) is 3.62. The number of aromatic nitrogens is 1. The van der Waals surface area contributed by atoms with Crippen molar-refractivity contribution in [3.8, 4) is 11.3 Å². The molecule has 1 amide bonds. The minimum absolute atomic E-state index is 0.214. The quantitative estimate of drug-likeness (QED) is 0.521. The number of thiazole rings is 1. The van der Waals surface area contributed by atoms with Crippen molar-refractivity contribution in [1.29, 1.82) is 0 Å². The summed E-state index contributed by atoms with van der Waals surface area (Å²) >= 11 is 7.59. The van der Waals surface area contributed by atoms with E-state index in [0.717, 1.165) is 4.88 Å². The monoisotopic (exact) mass is 396 g/mol. The van der Waals surface area contributed by atoms with Crippen molar-refractivity contribution >= 4 is 44.9 Å². The normalized spacial score (nSPS) is 10.9. The van der Waals surface area contributed by atoms with Gasteiger partial charge in [0.05, 0.1) is 16.0 Å². The molecular formula is C20H13ClN2O3S. The third-order valence-electron chi connectivity index (χ3n) is 3.98. The largest absolute Gasteiger partial charge is 0.455 e. The van der Waals surface area contributed by atoms with Crippen LogP contribution in [0.5, 0.6) is 0 Å². The molecule has 4 rings (SSSR count). The molecule has 2 heterocycles. The molecule has 0 aliphatic carbocycles. The number of aryl methyl sites for hydroxylation is 1. The predicted molar refractivity (Wildman–Crippen MR) is 108 cm³/mol. The van der Waals surface area contributed by atoms with Gasteiger partial charge in [0, 0.05) is 22.7 Å². The van der Waals surface area contributed by atoms with Gasteiger partial charge in [-0.05, 0) is 31.2 Å². The second-order valence-corrected chi connectivity index (χ2v) is 7.51. The SMILES string of the molecule is Cc1cnc(NC(=O)c2cccc3c(=O)cc(-c4ccccc4Cl)oc23)s1. The predicted octanol–water partition coefficient (Wildman–Crippen LogP) is 5.13. The van der Waals surface area contributed by atoms with Gasteiger partial charge in [-0.2, -0.15) is 0 Å². The van der Waals surface area contributed by atoms with Gasteiger partial charge in [-0.3, -0.25) is 14.9 Å². The lowest BCUT2D eigenvalue weighted by Gasteiger charge is -2.08. The maximum atomic E-state index is 12.7. The van der Waals surface area contributed by atoms with E-state index in [9.17, 15) is 9.59 Å². The van der Waals surface area contributed by atoms with Crippen molar-refractivity contribution in [3.05, 3.63) is 80.4 Å². The van der Waals surface area contributed by atoms with Gasteiger partial charge >= 0.3 is 0 Å². The molecule has 27 heavy (non-hydrogen) atoms. The summed E-state index contributed by atoms with van der Waals surface area (Å²) in [5.41, 5.74) is 0.812. The maximum Gasteiger partial charge on any atom is 0.261 e. The average molecular weight is 397 g/mol. The van der Waals surface area contributed by atoms with Crippen molar-refractivity contribution in [2.75, 3.05) is 5.32 Å². The Morgan fingerprint density at radius 3 is 2.74 bits per heavy atom. The van der Waals surface area contributed by atoms with Crippen LogP contribution in [-0.4, -0.2) is 10.9 Å². The van der Waals surface area contributed by atoms with Crippen LogP contribution in [0.4, 0.5) is 5.13 Å². The van der Waals surface area contributed by atoms with Crippen LogP contribution in [0.15, 0.2) is 63.9 Å². The topological polar surface area (TPSA) is 72.2 Å². The average Bonchev–Trinajstić information content (AvgIpc) is 3.06. The highest BCUT2D eigenvalue weighted by Gasteiger charge is 2.17. The minimum Gasteiger partial charge on any atom is -0.455 e. The van der Waals surface area contributed by atoms with Crippen LogP contribution in [0.1, 0.15) is 15.2 Å². The number of hydrogen-bond donors (Lipinski definition) is 1. The molecule has 5 nitrogen and oxygen atoms in total. The number of para-hydroxylation sites is 1. The van der Waals surface area contributed by atoms with E-state index in [2.05, 4.69) is 10.3 Å². The van der Waals surface area contributed by atoms with Gasteiger partial charge in [0.25, 0.3) is 5.91 Å². The number of benzene rings is 2. The molecule has 0 fully saturated rings. The Bertz CT molecular complexity index is 1230. The van der Waals surface area contributed by atoms with E-state index in [-0.39, 0.29) is 16.6 Å². The summed E-state index contributed by atoms with van der Waals surface area (Å²) < 4.78 is 5.94. The number of halogens is 1. The first kappa shape index (κ1) is 17.5. The van der Waals surface area contributed by atoms with E-state index >= 15 is 0 Å². The van der Waals surface area contributed by atoms with Crippen molar-refractivity contribution in [1.82, 2.24) is 4.98 Å². The van der Waals surface area contributed by atoms with E-state index in [1.54, 1.807) is 48.7 Å². The van der Waals surface area contributed by atoms with E-state index in [4.69, 9.17) is 16.0 Å². The molecule has 0 saturated heterocycles. The van der Waals surface area contributed by atoms with Crippen molar-refractivity contribution in [2.24, 2.45) is 0 Å². The molecular weight excluding hydrogens is 384 g/mol. The smallest absolute Gasteiger partial charge is 0.261 e. The number of anilines is 1. The molecule has 0 radical (unpaired) electrons. The molecule has 0 saturated carbocycles. The molecule has 134 valence electrons. The number of nitrogens with zero attached hydrogens (tertiary/aromatic N) is 1. The van der Waals surface area contributed by atoms with Gasteiger partial charge in [-0.15, -0.1) is 11.3 Å². The zero-order chi connectivity index (χ0) is 19.0. The van der Waals surface area contributed by atoms with Gasteiger partial charge in [0.2, 0.25) is 0 Å². The molecule has 0 spiro atoms. The molecule has 2 aromatic heterocycles. The first-order valence-corrected chi connectivity index (χ1v) is 9.28. The number of fused-ring (bicyclic) bond motifs is 1. The zero-order valence-electron chi connectivity index (χ0n) is 14.2. The third kappa shape index (κ3) is 3.37. The highest BCUT2D eigenvalue weighted by Crippen LogP contribution is 2.30. The number of carbonyl (C=O) groups excluding carboxylic acids is 1. The molecule has 0 aliphatic heterocycles. The van der Waals surface area contributed by atoms with Crippen LogP contribution in [0.3, 0.4) is 0 Å². The lowest BCUT2D eigenvalue weighted by atomic mass is 10.1. The molecule has 7 heteroatoms. The number of amides is 1. The highest BCUT2D eigenvalue weighted by atomic mass is 35.5. The van der Waals surface area contributed by atoms with Crippen LogP contribution >= 0.6 is 22.9 Å². The van der Waals surface area contributed by atoms with Crippen LogP contribution in [0, 0.1) is 6.92 Å². The van der Waals surface area contributed by atoms with Gasteiger partial charge in [0.15, 0.2) is 16.1 Å². The fraction of sp³-hybridized carbons (Fsp3) is 0.0500. The lowest BCUT2D eigenvalue weighted by Crippen LogP contribution is -2.13. The molecule has 1 N–H and O–H groups in total. The fourth-order valence-electron chi connectivity index (χ4n) is 2.73. The summed E-state index contributed by atoms with van der Waals surface area (Å²) in [7, 11) is 0. The Labute approximate surface area is 163 Å². The van der Waals surface area contributed by atoms with Gasteiger partial charge in [0.1, 0.15) is 5.76 Å². The van der Waals surface area contributed by atoms with Crippen LogP contribution in [0.25, 0.3) is 22.3 Å².